The highest BCUT2D eigenvalue weighted by Gasteiger charge is 2.33. The Kier molecular flexibility index (Phi) is 15.7. The highest BCUT2D eigenvalue weighted by molar-refractivity contribution is 5.96. The molecular weight excluding hydrogens is 648 g/mol. The number of benzene rings is 2. The molecule has 0 radical (unpaired) electrons. The average molecular weight is 697 g/mol. The van der Waals surface area contributed by atoms with Crippen molar-refractivity contribution in [3.05, 3.63) is 65.7 Å². The number of aliphatic imine (C=N–C) groups is 1. The van der Waals surface area contributed by atoms with E-state index in [9.17, 15) is 39.0 Å². The molecule has 16 nitrogen and oxygen atoms in total. The first kappa shape index (κ1) is 40.5. The van der Waals surface area contributed by atoms with E-state index in [1.54, 1.807) is 63.2 Å². The van der Waals surface area contributed by atoms with Crippen LogP contribution in [-0.4, -0.2) is 82.4 Å². The molecule has 0 fully saturated rings. The predicted molar refractivity (Wildman–Crippen MR) is 185 cm³/mol. The number of nitrogens with zero attached hydrogens (tertiary/aromatic N) is 1. The molecule has 0 saturated heterocycles. The number of rotatable bonds is 19. The van der Waals surface area contributed by atoms with Crippen molar-refractivity contribution in [3.63, 3.8) is 0 Å². The molecule has 5 amide bonds. The number of carboxylic acids is 1. The number of carboxylic acid groups (broad SMARTS) is 1. The number of phenolic OH excluding ortho intramolecular Hbond substituents is 1. The molecule has 0 aromatic heterocycles. The highest BCUT2D eigenvalue weighted by Crippen LogP contribution is 2.15. The van der Waals surface area contributed by atoms with Gasteiger partial charge in [-0.05, 0) is 42.5 Å². The number of guanidine groups is 1. The first-order valence-electron chi connectivity index (χ1n) is 16.1. The molecule has 2 aromatic carbocycles. The lowest BCUT2D eigenvalue weighted by Crippen LogP contribution is -2.59. The van der Waals surface area contributed by atoms with Gasteiger partial charge in [0, 0.05) is 31.2 Å². The number of hydrogen-bond donors (Lipinski definition) is 9. The summed E-state index contributed by atoms with van der Waals surface area (Å²) in [6.45, 7) is 5.02. The lowest BCUT2D eigenvalue weighted by Gasteiger charge is -2.27. The molecule has 0 heterocycles. The monoisotopic (exact) mass is 696 g/mol. The third kappa shape index (κ3) is 14.6. The standard InChI is InChI=1S/C34H48N8O8/c1-34(2,3)32(50)42-24(15-16-27(44)45)30(48)41-26(19-20-8-5-4-6-9-20)31(49)39-23(10-7-17-38-33(36)37)29(47)40-25(28(35)46)18-21-11-13-22(43)14-12-21/h4-6,8-9,11-14,23-26,43H,7,10,15-19H2,1-3H3,(H2,35,46)(H,39,49)(H,40,47)(H,41,48)(H,42,50)(H,44,45)(H4,36,37,38)/t23-,24-,25-,26-/m0/s1. The molecular formula is C34H48N8O8. The number of nitrogens with two attached hydrogens (primary N) is 3. The van der Waals surface area contributed by atoms with E-state index in [-0.39, 0.29) is 50.4 Å². The zero-order valence-electron chi connectivity index (χ0n) is 28.5. The van der Waals surface area contributed by atoms with E-state index in [1.807, 2.05) is 0 Å². The Bertz CT molecular complexity index is 1510. The summed E-state index contributed by atoms with van der Waals surface area (Å²) >= 11 is 0. The molecule has 50 heavy (non-hydrogen) atoms. The van der Waals surface area contributed by atoms with Gasteiger partial charge in [-0.2, -0.15) is 0 Å². The van der Waals surface area contributed by atoms with Crippen molar-refractivity contribution in [3.8, 4) is 5.75 Å². The first-order valence-corrected chi connectivity index (χ1v) is 16.1. The maximum atomic E-state index is 13.9. The Hall–Kier alpha value is -5.67. The second-order valence-corrected chi connectivity index (χ2v) is 12.8. The second kappa shape index (κ2) is 19.4. The van der Waals surface area contributed by atoms with E-state index < -0.39 is 71.5 Å². The number of amides is 5. The summed E-state index contributed by atoms with van der Waals surface area (Å²) in [6, 6.07) is 9.71. The van der Waals surface area contributed by atoms with Crippen LogP contribution in [-0.2, 0) is 41.6 Å². The summed E-state index contributed by atoms with van der Waals surface area (Å²) in [4.78, 5) is 81.4. The van der Waals surface area contributed by atoms with E-state index in [0.29, 0.717) is 11.1 Å². The maximum absolute atomic E-state index is 13.9. The van der Waals surface area contributed by atoms with Gasteiger partial charge < -0.3 is 48.7 Å². The van der Waals surface area contributed by atoms with Crippen LogP contribution in [0.2, 0.25) is 0 Å². The van der Waals surface area contributed by atoms with Gasteiger partial charge in [-0.3, -0.25) is 33.8 Å². The van der Waals surface area contributed by atoms with E-state index >= 15 is 0 Å². The summed E-state index contributed by atoms with van der Waals surface area (Å²) in [5.41, 5.74) is 16.8. The molecule has 0 aliphatic carbocycles. The summed E-state index contributed by atoms with van der Waals surface area (Å²) in [5, 5.41) is 29.3. The van der Waals surface area contributed by atoms with E-state index in [1.165, 1.54) is 12.1 Å². The molecule has 272 valence electrons. The van der Waals surface area contributed by atoms with Crippen LogP contribution in [0.3, 0.4) is 0 Å². The van der Waals surface area contributed by atoms with Crippen molar-refractivity contribution in [2.45, 2.75) is 83.5 Å². The molecule has 0 saturated carbocycles. The van der Waals surface area contributed by atoms with E-state index in [2.05, 4.69) is 26.3 Å². The zero-order chi connectivity index (χ0) is 37.4. The smallest absolute Gasteiger partial charge is 0.303 e. The number of hydrogen-bond acceptors (Lipinski definition) is 8. The molecule has 2 rings (SSSR count). The van der Waals surface area contributed by atoms with Gasteiger partial charge in [0.25, 0.3) is 0 Å². The van der Waals surface area contributed by atoms with Gasteiger partial charge in [-0.15, -0.1) is 0 Å². The molecule has 0 bridgehead atoms. The number of aliphatic carboxylic acids is 1. The number of nitrogens with one attached hydrogen (secondary N) is 4. The van der Waals surface area contributed by atoms with Gasteiger partial charge in [0.2, 0.25) is 29.5 Å². The molecule has 0 spiro atoms. The van der Waals surface area contributed by atoms with Crippen LogP contribution in [0.1, 0.15) is 57.6 Å². The topological polar surface area (TPSA) is 281 Å². The minimum Gasteiger partial charge on any atom is -0.508 e. The van der Waals surface area contributed by atoms with Crippen LogP contribution >= 0.6 is 0 Å². The van der Waals surface area contributed by atoms with Crippen LogP contribution < -0.4 is 38.5 Å². The number of aromatic hydroxyl groups is 1. The van der Waals surface area contributed by atoms with Crippen LogP contribution in [0.4, 0.5) is 0 Å². The van der Waals surface area contributed by atoms with Crippen LogP contribution in [0, 0.1) is 5.41 Å². The number of phenols is 1. The molecule has 2 aromatic rings. The molecule has 0 aliphatic rings. The lowest BCUT2D eigenvalue weighted by atomic mass is 9.94. The predicted octanol–water partition coefficient (Wildman–Crippen LogP) is -0.434. The van der Waals surface area contributed by atoms with Crippen molar-refractivity contribution < 1.29 is 39.0 Å². The van der Waals surface area contributed by atoms with Gasteiger partial charge >= 0.3 is 5.97 Å². The van der Waals surface area contributed by atoms with Crippen LogP contribution in [0.5, 0.6) is 5.75 Å². The molecule has 12 N–H and O–H groups in total. The second-order valence-electron chi connectivity index (χ2n) is 12.8. The fourth-order valence-corrected chi connectivity index (χ4v) is 4.65. The molecule has 0 aliphatic heterocycles. The van der Waals surface area contributed by atoms with Crippen molar-refractivity contribution >= 4 is 41.5 Å². The molecule has 0 unspecified atom stereocenters. The largest absolute Gasteiger partial charge is 0.508 e. The normalized spacial score (nSPS) is 13.4. The molecule has 4 atom stereocenters. The van der Waals surface area contributed by atoms with Gasteiger partial charge in [0.1, 0.15) is 29.9 Å². The van der Waals surface area contributed by atoms with Crippen LogP contribution in [0.25, 0.3) is 0 Å². The van der Waals surface area contributed by atoms with Gasteiger partial charge in [0.05, 0.1) is 0 Å². The Balaban J connectivity index is 2.37. The fourth-order valence-electron chi connectivity index (χ4n) is 4.65. The summed E-state index contributed by atoms with van der Waals surface area (Å²) in [6.07, 6.45) is -0.435. The van der Waals surface area contributed by atoms with Crippen molar-refractivity contribution in [1.29, 1.82) is 0 Å². The maximum Gasteiger partial charge on any atom is 0.303 e. The zero-order valence-corrected chi connectivity index (χ0v) is 28.5. The van der Waals surface area contributed by atoms with Gasteiger partial charge in [-0.25, -0.2) is 0 Å². The van der Waals surface area contributed by atoms with Gasteiger partial charge in [-0.1, -0.05) is 63.2 Å². The number of carbonyl (C=O) groups is 6. The SMILES string of the molecule is CC(C)(C)C(=O)N[C@@H](CCC(=O)O)C(=O)N[C@@H](Cc1ccccc1)C(=O)N[C@@H](CCCN=C(N)N)C(=O)N[C@@H](Cc1ccc(O)cc1)C(N)=O. The lowest BCUT2D eigenvalue weighted by molar-refractivity contribution is -0.139. The Morgan fingerprint density at radius 1 is 0.700 bits per heavy atom. The summed E-state index contributed by atoms with van der Waals surface area (Å²) in [7, 11) is 0. The Labute approximate surface area is 290 Å². The third-order valence-electron chi connectivity index (χ3n) is 7.48. The number of carbonyl (C=O) groups excluding carboxylic acids is 5. The van der Waals surface area contributed by atoms with Crippen molar-refractivity contribution in [1.82, 2.24) is 21.3 Å². The Morgan fingerprint density at radius 2 is 1.20 bits per heavy atom. The van der Waals surface area contributed by atoms with E-state index in [4.69, 9.17) is 17.2 Å². The van der Waals surface area contributed by atoms with Crippen molar-refractivity contribution in [2.24, 2.45) is 27.6 Å². The summed E-state index contributed by atoms with van der Waals surface area (Å²) in [5.74, 6) is -4.98. The quantitative estimate of drug-likeness (QED) is 0.0519. The minimum absolute atomic E-state index is 0.000721. The summed E-state index contributed by atoms with van der Waals surface area (Å²) < 4.78 is 0. The average Bonchev–Trinajstić information content (AvgIpc) is 3.04. The minimum atomic E-state index is -1.28. The Morgan fingerprint density at radius 3 is 1.74 bits per heavy atom. The number of primary amides is 1. The van der Waals surface area contributed by atoms with Crippen molar-refractivity contribution in [2.75, 3.05) is 6.54 Å². The van der Waals surface area contributed by atoms with Gasteiger partial charge in [0.15, 0.2) is 5.96 Å². The molecule has 16 heteroatoms. The van der Waals surface area contributed by atoms with Crippen LogP contribution in [0.15, 0.2) is 59.6 Å². The highest BCUT2D eigenvalue weighted by atomic mass is 16.4. The third-order valence-corrected chi connectivity index (χ3v) is 7.48. The fraction of sp³-hybridized carbons (Fsp3) is 0.441. The first-order chi connectivity index (χ1) is 23.5. The van der Waals surface area contributed by atoms with E-state index in [0.717, 1.165) is 0 Å².